The lowest BCUT2D eigenvalue weighted by molar-refractivity contribution is -0.121. The molecule has 8 heteroatoms. The SMILES string of the molecule is O=C1Cc2ccc(-c3nnc(-c4ccc(F)cc4OCC4CCOCC4)c4sccc34)cc2CN1. The van der Waals surface area contributed by atoms with E-state index in [-0.39, 0.29) is 11.7 Å². The van der Waals surface area contributed by atoms with Crippen LogP contribution in [-0.2, 0) is 22.5 Å². The third kappa shape index (κ3) is 4.39. The first-order chi connectivity index (χ1) is 17.2. The Morgan fingerprint density at radius 1 is 1.06 bits per heavy atom. The normalized spacial score (nSPS) is 16.2. The summed E-state index contributed by atoms with van der Waals surface area (Å²) < 4.78 is 26.7. The smallest absolute Gasteiger partial charge is 0.224 e. The molecule has 0 saturated carbocycles. The van der Waals surface area contributed by atoms with E-state index in [1.165, 1.54) is 12.1 Å². The van der Waals surface area contributed by atoms with Crippen LogP contribution in [-0.4, -0.2) is 35.9 Å². The van der Waals surface area contributed by atoms with Gasteiger partial charge in [0.25, 0.3) is 0 Å². The van der Waals surface area contributed by atoms with E-state index in [2.05, 4.69) is 21.6 Å². The molecule has 1 fully saturated rings. The van der Waals surface area contributed by atoms with Crippen molar-refractivity contribution in [3.05, 3.63) is 64.8 Å². The summed E-state index contributed by atoms with van der Waals surface area (Å²) >= 11 is 1.58. The van der Waals surface area contributed by atoms with Crippen LogP contribution in [0.15, 0.2) is 47.8 Å². The summed E-state index contributed by atoms with van der Waals surface area (Å²) in [5.74, 6) is 0.578. The molecule has 0 spiro atoms. The van der Waals surface area contributed by atoms with Gasteiger partial charge in [0.2, 0.25) is 5.91 Å². The van der Waals surface area contributed by atoms with Gasteiger partial charge in [-0.25, -0.2) is 4.39 Å². The zero-order valence-electron chi connectivity index (χ0n) is 19.1. The maximum Gasteiger partial charge on any atom is 0.224 e. The van der Waals surface area contributed by atoms with Crippen molar-refractivity contribution in [1.29, 1.82) is 0 Å². The molecule has 6 nitrogen and oxygen atoms in total. The van der Waals surface area contributed by atoms with Crippen molar-refractivity contribution in [2.75, 3.05) is 19.8 Å². The minimum Gasteiger partial charge on any atom is -0.492 e. The van der Waals surface area contributed by atoms with Gasteiger partial charge in [0.1, 0.15) is 23.0 Å². The first-order valence-corrected chi connectivity index (χ1v) is 12.7. The molecule has 4 heterocycles. The lowest BCUT2D eigenvalue weighted by atomic mass is 9.96. The number of thiophene rings is 1. The van der Waals surface area contributed by atoms with Crippen LogP contribution in [0.3, 0.4) is 0 Å². The number of nitrogens with zero attached hydrogens (tertiary/aromatic N) is 2. The van der Waals surface area contributed by atoms with E-state index in [9.17, 15) is 9.18 Å². The zero-order valence-corrected chi connectivity index (χ0v) is 19.9. The standard InChI is InChI=1S/C27H24FN3O3S/c28-20-3-4-21(23(13-20)34-15-16-5-8-33-9-6-16)26-27-22(7-10-35-27)25(30-31-26)18-2-1-17-12-24(32)29-14-19(17)11-18/h1-4,7,10-11,13,16H,5-6,8-9,12,14-15H2,(H,29,32). The Morgan fingerprint density at radius 3 is 2.80 bits per heavy atom. The molecule has 1 amide bonds. The fourth-order valence-electron chi connectivity index (χ4n) is 4.74. The number of carbonyl (C=O) groups is 1. The molecule has 2 aromatic carbocycles. The third-order valence-electron chi connectivity index (χ3n) is 6.71. The summed E-state index contributed by atoms with van der Waals surface area (Å²) in [6, 6.07) is 12.7. The number of amides is 1. The highest BCUT2D eigenvalue weighted by Gasteiger charge is 2.21. The van der Waals surface area contributed by atoms with Gasteiger partial charge in [0.05, 0.1) is 17.7 Å². The van der Waals surface area contributed by atoms with Gasteiger partial charge in [-0.05, 0) is 59.5 Å². The molecule has 0 bridgehead atoms. The summed E-state index contributed by atoms with van der Waals surface area (Å²) in [5.41, 5.74) is 5.30. The van der Waals surface area contributed by atoms with E-state index in [4.69, 9.17) is 9.47 Å². The van der Waals surface area contributed by atoms with Crippen LogP contribution < -0.4 is 10.1 Å². The largest absolute Gasteiger partial charge is 0.492 e. The molecule has 2 aliphatic rings. The van der Waals surface area contributed by atoms with E-state index in [1.54, 1.807) is 17.4 Å². The zero-order chi connectivity index (χ0) is 23.8. The van der Waals surface area contributed by atoms with Crippen LogP contribution >= 0.6 is 11.3 Å². The molecule has 0 unspecified atom stereocenters. The van der Waals surface area contributed by atoms with Crippen molar-refractivity contribution in [3.8, 4) is 28.3 Å². The Morgan fingerprint density at radius 2 is 1.91 bits per heavy atom. The summed E-state index contributed by atoms with van der Waals surface area (Å²) in [6.07, 6.45) is 2.28. The van der Waals surface area contributed by atoms with Crippen molar-refractivity contribution >= 4 is 27.3 Å². The quantitative estimate of drug-likeness (QED) is 0.420. The summed E-state index contributed by atoms with van der Waals surface area (Å²) in [7, 11) is 0. The predicted octanol–water partition coefficient (Wildman–Crippen LogP) is 5.14. The van der Waals surface area contributed by atoms with Gasteiger partial charge in [-0.3, -0.25) is 4.79 Å². The lowest BCUT2D eigenvalue weighted by Gasteiger charge is -2.22. The second-order valence-corrected chi connectivity index (χ2v) is 9.92. The number of aromatic nitrogens is 2. The Balaban J connectivity index is 1.37. The molecular formula is C27H24FN3O3S. The number of carbonyl (C=O) groups excluding carboxylic acids is 1. The van der Waals surface area contributed by atoms with Gasteiger partial charge in [0, 0.05) is 42.3 Å². The number of nitrogens with one attached hydrogen (secondary N) is 1. The average molecular weight is 490 g/mol. The van der Waals surface area contributed by atoms with E-state index >= 15 is 0 Å². The fourth-order valence-corrected chi connectivity index (χ4v) is 5.63. The molecule has 1 N–H and O–H groups in total. The van der Waals surface area contributed by atoms with Gasteiger partial charge >= 0.3 is 0 Å². The monoisotopic (exact) mass is 489 g/mol. The molecule has 0 radical (unpaired) electrons. The minimum absolute atomic E-state index is 0.0451. The lowest BCUT2D eigenvalue weighted by Crippen LogP contribution is -2.30. The minimum atomic E-state index is -0.344. The van der Waals surface area contributed by atoms with Crippen molar-refractivity contribution in [3.63, 3.8) is 0 Å². The number of rotatable bonds is 5. The molecule has 2 aromatic heterocycles. The maximum atomic E-state index is 14.2. The highest BCUT2D eigenvalue weighted by atomic mass is 32.1. The van der Waals surface area contributed by atoms with Gasteiger partial charge in [0.15, 0.2) is 0 Å². The Labute approximate surface area is 206 Å². The predicted molar refractivity (Wildman–Crippen MR) is 133 cm³/mol. The second-order valence-electron chi connectivity index (χ2n) is 9.00. The van der Waals surface area contributed by atoms with Crippen LogP contribution in [0.5, 0.6) is 5.75 Å². The first-order valence-electron chi connectivity index (χ1n) is 11.8. The third-order valence-corrected chi connectivity index (χ3v) is 7.63. The first kappa shape index (κ1) is 22.1. The van der Waals surface area contributed by atoms with Crippen LogP contribution in [0.4, 0.5) is 4.39 Å². The molecule has 2 aliphatic heterocycles. The number of fused-ring (bicyclic) bond motifs is 2. The summed E-state index contributed by atoms with van der Waals surface area (Å²) in [5, 5.41) is 15.1. The molecule has 0 aliphatic carbocycles. The Hall–Kier alpha value is -3.36. The van der Waals surface area contributed by atoms with E-state index in [0.29, 0.717) is 36.9 Å². The number of ether oxygens (including phenoxy) is 2. The van der Waals surface area contributed by atoms with E-state index < -0.39 is 0 Å². The molecule has 178 valence electrons. The van der Waals surface area contributed by atoms with Crippen molar-refractivity contribution in [1.82, 2.24) is 15.5 Å². The van der Waals surface area contributed by atoms with Crippen molar-refractivity contribution in [2.24, 2.45) is 5.92 Å². The molecule has 35 heavy (non-hydrogen) atoms. The van der Waals surface area contributed by atoms with Crippen molar-refractivity contribution in [2.45, 2.75) is 25.8 Å². The van der Waals surface area contributed by atoms with Gasteiger partial charge in [-0.2, -0.15) is 0 Å². The highest BCUT2D eigenvalue weighted by Crippen LogP contribution is 2.40. The van der Waals surface area contributed by atoms with Gasteiger partial charge in [-0.15, -0.1) is 21.5 Å². The van der Waals surface area contributed by atoms with Crippen LogP contribution in [0, 0.1) is 11.7 Å². The average Bonchev–Trinajstić information content (AvgIpc) is 3.38. The highest BCUT2D eigenvalue weighted by molar-refractivity contribution is 7.17. The molecular weight excluding hydrogens is 465 g/mol. The van der Waals surface area contributed by atoms with E-state index in [1.807, 2.05) is 23.6 Å². The second kappa shape index (κ2) is 9.36. The maximum absolute atomic E-state index is 14.2. The summed E-state index contributed by atoms with van der Waals surface area (Å²) in [4.78, 5) is 11.7. The molecule has 1 saturated heterocycles. The fraction of sp³-hybridized carbons (Fsp3) is 0.296. The van der Waals surface area contributed by atoms with E-state index in [0.717, 1.165) is 64.1 Å². The number of halogens is 1. The number of hydrogen-bond donors (Lipinski definition) is 1. The number of hydrogen-bond acceptors (Lipinski definition) is 6. The van der Waals surface area contributed by atoms with Crippen LogP contribution in [0.2, 0.25) is 0 Å². The van der Waals surface area contributed by atoms with Crippen LogP contribution in [0.1, 0.15) is 24.0 Å². The molecule has 6 rings (SSSR count). The number of benzene rings is 2. The topological polar surface area (TPSA) is 73.3 Å². The van der Waals surface area contributed by atoms with Gasteiger partial charge in [-0.1, -0.05) is 12.1 Å². The van der Waals surface area contributed by atoms with Crippen LogP contribution in [0.25, 0.3) is 32.6 Å². The Kier molecular flexibility index (Phi) is 5.91. The summed E-state index contributed by atoms with van der Waals surface area (Å²) in [6.45, 7) is 2.51. The van der Waals surface area contributed by atoms with Gasteiger partial charge < -0.3 is 14.8 Å². The molecule has 0 atom stereocenters. The Bertz CT molecular complexity index is 1410. The van der Waals surface area contributed by atoms with Crippen molar-refractivity contribution < 1.29 is 18.7 Å². The molecule has 4 aromatic rings.